The lowest BCUT2D eigenvalue weighted by atomic mass is 10.3. The van der Waals surface area contributed by atoms with E-state index in [2.05, 4.69) is 10.0 Å². The maximum atomic E-state index is 11.0. The summed E-state index contributed by atoms with van der Waals surface area (Å²) in [5, 5.41) is 2.57. The molecule has 0 fully saturated rings. The Morgan fingerprint density at radius 3 is 2.50 bits per heavy atom. The van der Waals surface area contributed by atoms with Crippen molar-refractivity contribution in [1.29, 1.82) is 0 Å². The molecule has 0 radical (unpaired) electrons. The molecule has 0 bridgehead atoms. The van der Waals surface area contributed by atoms with Crippen LogP contribution in [0.25, 0.3) is 0 Å². The minimum Gasteiger partial charge on any atom is -0.355 e. The molecule has 0 rings (SSSR count). The topological polar surface area (TPSA) is 101 Å². The van der Waals surface area contributed by atoms with Crippen LogP contribution < -0.4 is 15.8 Å². The standard InChI is InChI=1S/C7H17N3O3S/c1-14(12,13)10-6-5-9-7(11)3-2-4-8/h10H,2-6,8H2,1H3,(H,9,11). The number of rotatable bonds is 7. The van der Waals surface area contributed by atoms with Crippen LogP contribution in [-0.2, 0) is 14.8 Å². The second kappa shape index (κ2) is 6.74. The molecule has 0 aliphatic rings. The molecule has 14 heavy (non-hydrogen) atoms. The highest BCUT2D eigenvalue weighted by molar-refractivity contribution is 7.88. The van der Waals surface area contributed by atoms with E-state index in [0.29, 0.717) is 25.9 Å². The number of nitrogens with one attached hydrogen (secondary N) is 2. The highest BCUT2D eigenvalue weighted by atomic mass is 32.2. The number of hydrogen-bond donors (Lipinski definition) is 3. The third kappa shape index (κ3) is 9.43. The SMILES string of the molecule is CS(=O)(=O)NCCNC(=O)CCCN. The van der Waals surface area contributed by atoms with E-state index in [9.17, 15) is 13.2 Å². The molecule has 0 aromatic rings. The van der Waals surface area contributed by atoms with E-state index in [1.165, 1.54) is 0 Å². The van der Waals surface area contributed by atoms with E-state index in [0.717, 1.165) is 6.26 Å². The van der Waals surface area contributed by atoms with Crippen LogP contribution in [0.15, 0.2) is 0 Å². The molecule has 7 heteroatoms. The lowest BCUT2D eigenvalue weighted by Crippen LogP contribution is -2.34. The summed E-state index contributed by atoms with van der Waals surface area (Å²) in [6.45, 7) is 0.999. The average Bonchev–Trinajstić information content (AvgIpc) is 2.07. The Morgan fingerprint density at radius 2 is 2.00 bits per heavy atom. The van der Waals surface area contributed by atoms with E-state index >= 15 is 0 Å². The second-order valence-electron chi connectivity index (χ2n) is 2.91. The number of hydrogen-bond acceptors (Lipinski definition) is 4. The fourth-order valence-corrected chi connectivity index (χ4v) is 1.26. The second-order valence-corrected chi connectivity index (χ2v) is 4.74. The molecular formula is C7H17N3O3S. The summed E-state index contributed by atoms with van der Waals surface area (Å²) < 4.78 is 23.5. The number of sulfonamides is 1. The Bertz CT molecular complexity index is 263. The summed E-state index contributed by atoms with van der Waals surface area (Å²) >= 11 is 0. The molecule has 4 N–H and O–H groups in total. The van der Waals surface area contributed by atoms with Crippen LogP contribution in [0.1, 0.15) is 12.8 Å². The van der Waals surface area contributed by atoms with Gasteiger partial charge in [-0.15, -0.1) is 0 Å². The molecule has 0 saturated carbocycles. The predicted molar refractivity (Wildman–Crippen MR) is 54.1 cm³/mol. The number of carbonyl (C=O) groups is 1. The third-order valence-electron chi connectivity index (χ3n) is 1.42. The molecule has 0 aromatic carbocycles. The predicted octanol–water partition coefficient (Wildman–Crippen LogP) is -1.61. The first-order valence-corrected chi connectivity index (χ1v) is 6.26. The molecule has 0 aliphatic heterocycles. The van der Waals surface area contributed by atoms with Gasteiger partial charge in [0.05, 0.1) is 6.26 Å². The van der Waals surface area contributed by atoms with Gasteiger partial charge in [0.1, 0.15) is 0 Å². The largest absolute Gasteiger partial charge is 0.355 e. The molecule has 1 amide bonds. The van der Waals surface area contributed by atoms with Gasteiger partial charge in [-0.3, -0.25) is 4.79 Å². The van der Waals surface area contributed by atoms with Gasteiger partial charge in [-0.25, -0.2) is 13.1 Å². The first kappa shape index (κ1) is 13.3. The molecule has 84 valence electrons. The van der Waals surface area contributed by atoms with Gasteiger partial charge < -0.3 is 11.1 Å². The van der Waals surface area contributed by atoms with Gasteiger partial charge in [-0.05, 0) is 13.0 Å². The average molecular weight is 223 g/mol. The third-order valence-corrected chi connectivity index (χ3v) is 2.15. The Morgan fingerprint density at radius 1 is 1.36 bits per heavy atom. The van der Waals surface area contributed by atoms with Gasteiger partial charge in [-0.1, -0.05) is 0 Å². The maximum Gasteiger partial charge on any atom is 0.220 e. The van der Waals surface area contributed by atoms with Crippen LogP contribution in [0.5, 0.6) is 0 Å². The molecule has 0 aliphatic carbocycles. The van der Waals surface area contributed by atoms with E-state index in [1.807, 2.05) is 0 Å². The van der Waals surface area contributed by atoms with Gasteiger partial charge >= 0.3 is 0 Å². The number of nitrogens with two attached hydrogens (primary N) is 1. The first-order valence-electron chi connectivity index (χ1n) is 4.37. The molecule has 6 nitrogen and oxygen atoms in total. The van der Waals surface area contributed by atoms with Crippen LogP contribution >= 0.6 is 0 Å². The van der Waals surface area contributed by atoms with E-state index < -0.39 is 10.0 Å². The van der Waals surface area contributed by atoms with Gasteiger partial charge in [0.25, 0.3) is 0 Å². The smallest absolute Gasteiger partial charge is 0.220 e. The molecule has 0 spiro atoms. The van der Waals surface area contributed by atoms with Crippen molar-refractivity contribution in [2.75, 3.05) is 25.9 Å². The van der Waals surface area contributed by atoms with E-state index in [4.69, 9.17) is 5.73 Å². The lowest BCUT2D eigenvalue weighted by molar-refractivity contribution is -0.121. The maximum absolute atomic E-state index is 11.0. The zero-order valence-corrected chi connectivity index (χ0v) is 9.06. The number of carbonyl (C=O) groups excluding carboxylic acids is 1. The highest BCUT2D eigenvalue weighted by Gasteiger charge is 2.01. The normalized spacial score (nSPS) is 11.3. The van der Waals surface area contributed by atoms with Crippen molar-refractivity contribution in [2.24, 2.45) is 5.73 Å². The quantitative estimate of drug-likeness (QED) is 0.452. The summed E-state index contributed by atoms with van der Waals surface area (Å²) in [5.74, 6) is -0.106. The monoisotopic (exact) mass is 223 g/mol. The molecule has 0 saturated heterocycles. The summed E-state index contributed by atoms with van der Waals surface area (Å²) in [5.41, 5.74) is 5.22. The molecular weight excluding hydrogens is 206 g/mol. The Kier molecular flexibility index (Phi) is 6.43. The van der Waals surface area contributed by atoms with E-state index in [-0.39, 0.29) is 12.5 Å². The fraction of sp³-hybridized carbons (Fsp3) is 0.857. The zero-order chi connectivity index (χ0) is 11.0. The summed E-state index contributed by atoms with van der Waals surface area (Å²) in [6, 6.07) is 0. The minimum absolute atomic E-state index is 0.106. The van der Waals surface area contributed by atoms with Gasteiger partial charge in [0.15, 0.2) is 0 Å². The molecule has 0 heterocycles. The van der Waals surface area contributed by atoms with Gasteiger partial charge in [0, 0.05) is 19.5 Å². The molecule has 0 unspecified atom stereocenters. The van der Waals surface area contributed by atoms with Crippen molar-refractivity contribution in [3.05, 3.63) is 0 Å². The Balaban J connectivity index is 3.41. The number of amides is 1. The highest BCUT2D eigenvalue weighted by Crippen LogP contribution is 1.84. The van der Waals surface area contributed by atoms with Crippen molar-refractivity contribution in [3.63, 3.8) is 0 Å². The summed E-state index contributed by atoms with van der Waals surface area (Å²) in [7, 11) is -3.16. The first-order chi connectivity index (χ1) is 6.45. The van der Waals surface area contributed by atoms with Crippen LogP contribution in [0.3, 0.4) is 0 Å². The summed E-state index contributed by atoms with van der Waals surface area (Å²) in [4.78, 5) is 11.0. The fourth-order valence-electron chi connectivity index (χ4n) is 0.789. The van der Waals surface area contributed by atoms with Crippen LogP contribution in [0.4, 0.5) is 0 Å². The summed E-state index contributed by atoms with van der Waals surface area (Å²) in [6.07, 6.45) is 2.10. The van der Waals surface area contributed by atoms with E-state index in [1.54, 1.807) is 0 Å². The van der Waals surface area contributed by atoms with Crippen molar-refractivity contribution in [2.45, 2.75) is 12.8 Å². The molecule has 0 atom stereocenters. The Hall–Kier alpha value is -0.660. The minimum atomic E-state index is -3.16. The van der Waals surface area contributed by atoms with Crippen LogP contribution in [-0.4, -0.2) is 40.2 Å². The lowest BCUT2D eigenvalue weighted by Gasteiger charge is -2.04. The Labute approximate surface area is 84.3 Å². The van der Waals surface area contributed by atoms with Crippen molar-refractivity contribution in [1.82, 2.24) is 10.0 Å². The van der Waals surface area contributed by atoms with Crippen molar-refractivity contribution in [3.8, 4) is 0 Å². The van der Waals surface area contributed by atoms with Gasteiger partial charge in [-0.2, -0.15) is 0 Å². The van der Waals surface area contributed by atoms with Gasteiger partial charge in [0.2, 0.25) is 15.9 Å². The van der Waals surface area contributed by atoms with Crippen LogP contribution in [0, 0.1) is 0 Å². The zero-order valence-electron chi connectivity index (χ0n) is 8.25. The van der Waals surface area contributed by atoms with Crippen molar-refractivity contribution < 1.29 is 13.2 Å². The van der Waals surface area contributed by atoms with Crippen molar-refractivity contribution >= 4 is 15.9 Å². The molecule has 0 aromatic heterocycles. The van der Waals surface area contributed by atoms with Crippen LogP contribution in [0.2, 0.25) is 0 Å².